The number of carbonyl (C=O) groups excluding carboxylic acids is 2. The second-order valence-corrected chi connectivity index (χ2v) is 9.66. The van der Waals surface area contributed by atoms with E-state index in [1.165, 1.54) is 0 Å². The number of likely N-dealkylation sites (tertiary alicyclic amines) is 1. The van der Waals surface area contributed by atoms with Crippen molar-refractivity contribution in [2.45, 2.75) is 26.8 Å². The van der Waals surface area contributed by atoms with Crippen molar-refractivity contribution in [2.75, 3.05) is 32.5 Å². The van der Waals surface area contributed by atoms with Crippen molar-refractivity contribution in [1.82, 2.24) is 24.2 Å². The molecule has 2 aliphatic heterocycles. The van der Waals surface area contributed by atoms with Crippen molar-refractivity contribution in [2.24, 2.45) is 5.92 Å². The molecule has 2 aromatic heterocycles. The first-order valence-corrected chi connectivity index (χ1v) is 12.0. The molecule has 2 N–H and O–H groups in total. The summed E-state index contributed by atoms with van der Waals surface area (Å²) in [5, 5.41) is 0. The minimum Gasteiger partial charge on any atom is -0.491 e. The molecule has 2 aliphatic rings. The third-order valence-electron chi connectivity index (χ3n) is 6.85. The Morgan fingerprint density at radius 1 is 1.14 bits per heavy atom. The van der Waals surface area contributed by atoms with E-state index in [4.69, 9.17) is 10.5 Å². The Hall–Kier alpha value is -4.14. The Morgan fingerprint density at radius 3 is 2.61 bits per heavy atom. The Kier molecular flexibility index (Phi) is 5.99. The van der Waals surface area contributed by atoms with Crippen LogP contribution in [0.4, 0.5) is 5.82 Å². The molecule has 6 rings (SSSR count). The summed E-state index contributed by atoms with van der Waals surface area (Å²) in [5.74, 6) is 2.13. The highest BCUT2D eigenvalue weighted by Gasteiger charge is 2.31. The van der Waals surface area contributed by atoms with E-state index in [1.54, 1.807) is 30.4 Å². The van der Waals surface area contributed by atoms with E-state index >= 15 is 0 Å². The summed E-state index contributed by atoms with van der Waals surface area (Å²) in [7, 11) is 1.81. The van der Waals surface area contributed by atoms with E-state index < -0.39 is 0 Å². The van der Waals surface area contributed by atoms with Crippen molar-refractivity contribution in [3.63, 3.8) is 0 Å². The number of aryl methyl sites for hydroxylation is 1. The van der Waals surface area contributed by atoms with Crippen LogP contribution in [0.2, 0.25) is 0 Å². The molecule has 0 saturated carbocycles. The zero-order chi connectivity index (χ0) is 25.6. The minimum absolute atomic E-state index is 0.0750. The van der Waals surface area contributed by atoms with E-state index in [1.807, 2.05) is 53.6 Å². The first kappa shape index (κ1) is 23.6. The molecule has 4 heterocycles. The number of imidazole rings is 1. The smallest absolute Gasteiger partial charge is 0.254 e. The lowest BCUT2D eigenvalue weighted by atomic mass is 10.0. The van der Waals surface area contributed by atoms with Crippen LogP contribution in [0, 0.1) is 12.8 Å². The number of benzene rings is 2. The predicted octanol–water partition coefficient (Wildman–Crippen LogP) is 3.46. The molecule has 2 amide bonds. The lowest BCUT2D eigenvalue weighted by Crippen LogP contribution is -2.47. The summed E-state index contributed by atoms with van der Waals surface area (Å²) in [6, 6.07) is 11.4. The van der Waals surface area contributed by atoms with Crippen molar-refractivity contribution < 1.29 is 14.3 Å². The van der Waals surface area contributed by atoms with Crippen LogP contribution in [-0.2, 0) is 4.79 Å². The quantitative estimate of drug-likeness (QED) is 0.465. The molecular formula is C27H30N6O3. The Balaban J connectivity index is 0.000000286. The van der Waals surface area contributed by atoms with Crippen LogP contribution in [0.3, 0.4) is 0 Å². The van der Waals surface area contributed by atoms with Gasteiger partial charge in [-0.25, -0.2) is 9.97 Å². The van der Waals surface area contributed by atoms with Gasteiger partial charge in [-0.2, -0.15) is 0 Å². The molecule has 9 nitrogen and oxygen atoms in total. The van der Waals surface area contributed by atoms with Crippen LogP contribution in [0.5, 0.6) is 5.75 Å². The SMILES string of the molecule is CC(=O)N1CC(C)C1.Cc1ccc2c(c1)OCC2N(C)C(=O)c1ccc2nc(N)c3cncn3c2c1. The van der Waals surface area contributed by atoms with E-state index in [-0.39, 0.29) is 17.9 Å². The molecule has 36 heavy (non-hydrogen) atoms. The zero-order valence-electron chi connectivity index (χ0n) is 20.9. The summed E-state index contributed by atoms with van der Waals surface area (Å²) in [6.07, 6.45) is 3.34. The lowest BCUT2D eigenvalue weighted by Gasteiger charge is -2.36. The van der Waals surface area contributed by atoms with Gasteiger partial charge in [-0.1, -0.05) is 19.1 Å². The van der Waals surface area contributed by atoms with Crippen LogP contribution < -0.4 is 10.5 Å². The standard InChI is InChI=1S/C21H19N5O2.C6H11NO/c1-12-3-5-14-18(10-28-19(14)7-12)25(2)21(27)13-4-6-15-16(8-13)26-11-23-9-17(26)20(22)24-15;1-5-3-7(4-5)6(2)8/h3-9,11,18H,10H2,1-2H3,(H2,22,24);5H,3-4H2,1-2H3. The number of ether oxygens (including phenoxy) is 1. The van der Waals surface area contributed by atoms with E-state index in [0.29, 0.717) is 23.5 Å². The van der Waals surface area contributed by atoms with Gasteiger partial charge in [-0.05, 0) is 42.7 Å². The molecule has 1 fully saturated rings. The Labute approximate surface area is 209 Å². The van der Waals surface area contributed by atoms with Gasteiger partial charge in [-0.15, -0.1) is 0 Å². The molecule has 1 atom stereocenters. The summed E-state index contributed by atoms with van der Waals surface area (Å²) < 4.78 is 7.65. The molecule has 186 valence electrons. The van der Waals surface area contributed by atoms with Crippen molar-refractivity contribution in [3.05, 3.63) is 65.6 Å². The average Bonchev–Trinajstić information content (AvgIpc) is 3.49. The zero-order valence-corrected chi connectivity index (χ0v) is 20.9. The molecule has 4 aromatic rings. The number of nitrogens with two attached hydrogens (primary N) is 1. The predicted molar refractivity (Wildman–Crippen MR) is 138 cm³/mol. The first-order valence-electron chi connectivity index (χ1n) is 12.0. The topological polar surface area (TPSA) is 106 Å². The second kappa shape index (κ2) is 9.14. The number of anilines is 1. The van der Waals surface area contributed by atoms with Gasteiger partial charge in [0.25, 0.3) is 5.91 Å². The molecule has 1 unspecified atom stereocenters. The number of fused-ring (bicyclic) bond motifs is 4. The number of rotatable bonds is 2. The lowest BCUT2D eigenvalue weighted by molar-refractivity contribution is -0.134. The normalized spacial score (nSPS) is 16.7. The fourth-order valence-corrected chi connectivity index (χ4v) is 4.73. The monoisotopic (exact) mass is 486 g/mol. The highest BCUT2D eigenvalue weighted by Crippen LogP contribution is 2.36. The minimum atomic E-state index is -0.114. The summed E-state index contributed by atoms with van der Waals surface area (Å²) in [4.78, 5) is 35.8. The number of nitrogens with zero attached hydrogens (tertiary/aromatic N) is 5. The maximum absolute atomic E-state index is 13.2. The number of carbonyl (C=O) groups is 2. The third-order valence-corrected chi connectivity index (χ3v) is 6.85. The van der Waals surface area contributed by atoms with E-state index in [9.17, 15) is 9.59 Å². The molecule has 0 spiro atoms. The highest BCUT2D eigenvalue weighted by molar-refractivity contribution is 5.98. The fraction of sp³-hybridized carbons (Fsp3) is 0.333. The van der Waals surface area contributed by atoms with Crippen molar-refractivity contribution in [1.29, 1.82) is 0 Å². The second-order valence-electron chi connectivity index (χ2n) is 9.66. The summed E-state index contributed by atoms with van der Waals surface area (Å²) >= 11 is 0. The number of nitrogen functional groups attached to an aromatic ring is 1. The first-order chi connectivity index (χ1) is 17.2. The van der Waals surface area contributed by atoms with Crippen LogP contribution in [-0.4, -0.2) is 62.7 Å². The number of likely N-dealkylation sites (N-methyl/N-ethyl adjacent to an activating group) is 1. The molecule has 9 heteroatoms. The van der Waals surface area contributed by atoms with Gasteiger partial charge in [0.2, 0.25) is 5.91 Å². The van der Waals surface area contributed by atoms with Gasteiger partial charge in [-0.3, -0.25) is 14.0 Å². The van der Waals surface area contributed by atoms with Crippen molar-refractivity contribution in [3.8, 4) is 5.75 Å². The van der Waals surface area contributed by atoms with Gasteiger partial charge in [0.1, 0.15) is 23.7 Å². The van der Waals surface area contributed by atoms with Crippen molar-refractivity contribution >= 4 is 34.2 Å². The third kappa shape index (κ3) is 4.21. The Morgan fingerprint density at radius 2 is 1.92 bits per heavy atom. The molecule has 1 saturated heterocycles. The highest BCUT2D eigenvalue weighted by atomic mass is 16.5. The van der Waals surface area contributed by atoms with Gasteiger partial charge in [0.15, 0.2) is 0 Å². The molecule has 2 aromatic carbocycles. The van der Waals surface area contributed by atoms with E-state index in [0.717, 1.165) is 46.9 Å². The Bertz CT molecular complexity index is 1470. The van der Waals surface area contributed by atoms with Gasteiger partial charge < -0.3 is 20.3 Å². The van der Waals surface area contributed by atoms with Gasteiger partial charge in [0.05, 0.1) is 29.6 Å². The number of hydrogen-bond acceptors (Lipinski definition) is 6. The number of hydrogen-bond donors (Lipinski definition) is 1. The van der Waals surface area contributed by atoms with Gasteiger partial charge >= 0.3 is 0 Å². The average molecular weight is 487 g/mol. The van der Waals surface area contributed by atoms with E-state index in [2.05, 4.69) is 16.9 Å². The summed E-state index contributed by atoms with van der Waals surface area (Å²) in [5.41, 5.74) is 11.0. The summed E-state index contributed by atoms with van der Waals surface area (Å²) in [6.45, 7) is 8.19. The van der Waals surface area contributed by atoms with Crippen LogP contribution in [0.1, 0.15) is 41.4 Å². The fourth-order valence-electron chi connectivity index (χ4n) is 4.73. The number of amides is 2. The molecule has 0 aliphatic carbocycles. The van der Waals surface area contributed by atoms with Crippen LogP contribution in [0.15, 0.2) is 48.9 Å². The van der Waals surface area contributed by atoms with Crippen LogP contribution >= 0.6 is 0 Å². The molecule has 0 bridgehead atoms. The maximum atomic E-state index is 13.2. The van der Waals surface area contributed by atoms with Crippen LogP contribution in [0.25, 0.3) is 16.6 Å². The largest absolute Gasteiger partial charge is 0.491 e. The maximum Gasteiger partial charge on any atom is 0.254 e. The molecule has 0 radical (unpaired) electrons. The number of aromatic nitrogens is 3. The molecular weight excluding hydrogens is 456 g/mol. The van der Waals surface area contributed by atoms with Gasteiger partial charge in [0, 0.05) is 38.2 Å².